The number of carbonyl (C=O) groups excluding carboxylic acids is 1. The predicted octanol–water partition coefficient (Wildman–Crippen LogP) is 0.948. The molecule has 0 radical (unpaired) electrons. The first-order chi connectivity index (χ1) is 14.2. The van der Waals surface area contributed by atoms with Crippen molar-refractivity contribution in [3.05, 3.63) is 59.3 Å². The van der Waals surface area contributed by atoms with Gasteiger partial charge in [-0.2, -0.15) is 0 Å². The number of morpholine rings is 1. The molecule has 152 valence electrons. The number of ether oxygens (including phenoxy) is 1. The van der Waals surface area contributed by atoms with Gasteiger partial charge in [-0.15, -0.1) is 0 Å². The van der Waals surface area contributed by atoms with E-state index in [0.29, 0.717) is 18.8 Å². The van der Waals surface area contributed by atoms with Gasteiger partial charge in [0.25, 0.3) is 5.56 Å². The van der Waals surface area contributed by atoms with Crippen molar-refractivity contribution in [3.63, 3.8) is 0 Å². The second-order valence-electron chi connectivity index (χ2n) is 7.27. The maximum Gasteiger partial charge on any atom is 0.271 e. The molecule has 8 nitrogen and oxygen atoms in total. The fourth-order valence-electron chi connectivity index (χ4n) is 3.46. The fraction of sp³-hybridized carbons (Fsp3) is 0.381. The van der Waals surface area contributed by atoms with Crippen LogP contribution in [0.5, 0.6) is 0 Å². The molecule has 0 unspecified atom stereocenters. The van der Waals surface area contributed by atoms with Crippen molar-refractivity contribution in [1.29, 1.82) is 0 Å². The quantitative estimate of drug-likeness (QED) is 0.708. The largest absolute Gasteiger partial charge is 0.379 e. The summed E-state index contributed by atoms with van der Waals surface area (Å²) in [6, 6.07) is 5.69. The Hall–Kier alpha value is -2.97. The van der Waals surface area contributed by atoms with E-state index in [-0.39, 0.29) is 17.5 Å². The van der Waals surface area contributed by atoms with Gasteiger partial charge in [-0.05, 0) is 23.8 Å². The zero-order valence-corrected chi connectivity index (χ0v) is 16.2. The summed E-state index contributed by atoms with van der Waals surface area (Å²) in [5.74, 6) is 0.00996. The van der Waals surface area contributed by atoms with Crippen molar-refractivity contribution in [2.24, 2.45) is 0 Å². The number of rotatable bonds is 6. The van der Waals surface area contributed by atoms with Gasteiger partial charge in [-0.25, -0.2) is 0 Å². The van der Waals surface area contributed by atoms with Crippen molar-refractivity contribution in [1.82, 2.24) is 19.8 Å². The number of carbonyl (C=O) groups is 1. The van der Waals surface area contributed by atoms with Crippen molar-refractivity contribution in [3.8, 4) is 11.1 Å². The topological polar surface area (TPSA) is 90.6 Å². The van der Waals surface area contributed by atoms with Crippen molar-refractivity contribution >= 4 is 11.6 Å². The SMILES string of the molecule is O=C(/C=C/CN1CCOCC1)N1CC(Nc2cc(-c3ccncc3)c[nH]c2=O)C1. The number of amides is 1. The number of nitrogens with one attached hydrogen (secondary N) is 2. The van der Waals surface area contributed by atoms with Gasteiger partial charge in [0, 0.05) is 63.0 Å². The lowest BCUT2D eigenvalue weighted by atomic mass is 10.1. The molecule has 2 saturated heterocycles. The molecular weight excluding hydrogens is 370 g/mol. The molecule has 0 aliphatic carbocycles. The number of likely N-dealkylation sites (tertiary alicyclic amines) is 1. The Balaban J connectivity index is 1.28. The Kier molecular flexibility index (Phi) is 6.02. The van der Waals surface area contributed by atoms with Crippen molar-refractivity contribution < 1.29 is 9.53 Å². The summed E-state index contributed by atoms with van der Waals surface area (Å²) in [6.45, 7) is 5.25. The second-order valence-corrected chi connectivity index (χ2v) is 7.27. The number of H-pyrrole nitrogens is 1. The monoisotopic (exact) mass is 395 g/mol. The molecule has 2 aromatic heterocycles. The van der Waals surface area contributed by atoms with Crippen LogP contribution in [0.25, 0.3) is 11.1 Å². The number of anilines is 1. The van der Waals surface area contributed by atoms with E-state index >= 15 is 0 Å². The Bertz CT molecular complexity index is 915. The van der Waals surface area contributed by atoms with Crippen molar-refractivity contribution in [2.75, 3.05) is 51.3 Å². The minimum atomic E-state index is -0.169. The molecule has 0 bridgehead atoms. The van der Waals surface area contributed by atoms with Crippen LogP contribution in [0.2, 0.25) is 0 Å². The third kappa shape index (κ3) is 4.90. The van der Waals surface area contributed by atoms with Crippen LogP contribution < -0.4 is 10.9 Å². The van der Waals surface area contributed by atoms with Crippen LogP contribution in [0.15, 0.2) is 53.7 Å². The van der Waals surface area contributed by atoms with E-state index < -0.39 is 0 Å². The number of aromatic amines is 1. The van der Waals surface area contributed by atoms with E-state index in [1.54, 1.807) is 29.6 Å². The molecule has 0 saturated carbocycles. The highest BCUT2D eigenvalue weighted by atomic mass is 16.5. The first-order valence-electron chi connectivity index (χ1n) is 9.84. The molecule has 2 aliphatic rings. The van der Waals surface area contributed by atoms with Crippen molar-refractivity contribution in [2.45, 2.75) is 6.04 Å². The molecular formula is C21H25N5O3. The van der Waals surface area contributed by atoms with Gasteiger partial charge in [0.1, 0.15) is 5.69 Å². The van der Waals surface area contributed by atoms with Crippen LogP contribution >= 0.6 is 0 Å². The summed E-state index contributed by atoms with van der Waals surface area (Å²) in [5.41, 5.74) is 2.24. The van der Waals surface area contributed by atoms with E-state index in [9.17, 15) is 9.59 Å². The van der Waals surface area contributed by atoms with E-state index in [2.05, 4.69) is 20.2 Å². The van der Waals surface area contributed by atoms with Crippen LogP contribution in [-0.2, 0) is 9.53 Å². The molecule has 2 aliphatic heterocycles. The summed E-state index contributed by atoms with van der Waals surface area (Å²) in [6.07, 6.45) is 8.68. The minimum Gasteiger partial charge on any atom is -0.379 e. The average Bonchev–Trinajstić information content (AvgIpc) is 2.73. The fourth-order valence-corrected chi connectivity index (χ4v) is 3.46. The molecule has 1 amide bonds. The lowest BCUT2D eigenvalue weighted by molar-refractivity contribution is -0.129. The zero-order valence-electron chi connectivity index (χ0n) is 16.2. The molecule has 2 aromatic rings. The number of pyridine rings is 2. The van der Waals surface area contributed by atoms with E-state index in [0.717, 1.165) is 44.0 Å². The smallest absolute Gasteiger partial charge is 0.271 e. The first-order valence-corrected chi connectivity index (χ1v) is 9.84. The van der Waals surface area contributed by atoms with Gasteiger partial charge in [0.05, 0.1) is 19.3 Å². The van der Waals surface area contributed by atoms with Crippen LogP contribution in [0, 0.1) is 0 Å². The third-order valence-electron chi connectivity index (χ3n) is 5.20. The molecule has 2 fully saturated rings. The highest BCUT2D eigenvalue weighted by molar-refractivity contribution is 5.88. The molecule has 4 rings (SSSR count). The Morgan fingerprint density at radius 2 is 2.00 bits per heavy atom. The molecule has 2 N–H and O–H groups in total. The summed E-state index contributed by atoms with van der Waals surface area (Å²) in [5, 5.41) is 3.25. The van der Waals surface area contributed by atoms with Gasteiger partial charge in [0.2, 0.25) is 5.91 Å². The van der Waals surface area contributed by atoms with E-state index in [1.165, 1.54) is 0 Å². The maximum atomic E-state index is 12.3. The van der Waals surface area contributed by atoms with Crippen LogP contribution in [-0.4, -0.2) is 77.7 Å². The lowest BCUT2D eigenvalue weighted by Crippen LogP contribution is -2.57. The molecule has 0 spiro atoms. The van der Waals surface area contributed by atoms with E-state index in [1.807, 2.05) is 24.3 Å². The Morgan fingerprint density at radius 3 is 2.76 bits per heavy atom. The molecule has 29 heavy (non-hydrogen) atoms. The second kappa shape index (κ2) is 9.02. The standard InChI is InChI=1S/C21H25N5O3/c27-20(2-1-7-25-8-10-29-11-9-25)26-14-18(15-26)24-19-12-17(13-23-21(19)28)16-3-5-22-6-4-16/h1-6,12-13,18,24H,7-11,14-15H2,(H,23,28)/b2-1+. The molecule has 4 heterocycles. The predicted molar refractivity (Wildman–Crippen MR) is 111 cm³/mol. The van der Waals surface area contributed by atoms with Gasteiger partial charge in [-0.3, -0.25) is 19.5 Å². The van der Waals surface area contributed by atoms with Crippen LogP contribution in [0.4, 0.5) is 5.69 Å². The molecule has 8 heteroatoms. The Labute approximate surface area is 169 Å². The zero-order chi connectivity index (χ0) is 20.1. The minimum absolute atomic E-state index is 0.00996. The van der Waals surface area contributed by atoms with Gasteiger partial charge >= 0.3 is 0 Å². The first kappa shape index (κ1) is 19.4. The van der Waals surface area contributed by atoms with Crippen LogP contribution in [0.3, 0.4) is 0 Å². The Morgan fingerprint density at radius 1 is 1.24 bits per heavy atom. The number of hydrogen-bond acceptors (Lipinski definition) is 6. The average molecular weight is 395 g/mol. The highest BCUT2D eigenvalue weighted by Crippen LogP contribution is 2.20. The molecule has 0 aromatic carbocycles. The van der Waals surface area contributed by atoms with Gasteiger partial charge < -0.3 is 19.9 Å². The summed E-state index contributed by atoms with van der Waals surface area (Å²) in [4.78, 5) is 35.2. The lowest BCUT2D eigenvalue weighted by Gasteiger charge is -2.39. The highest BCUT2D eigenvalue weighted by Gasteiger charge is 2.29. The normalized spacial score (nSPS) is 18.0. The number of hydrogen-bond donors (Lipinski definition) is 2. The third-order valence-corrected chi connectivity index (χ3v) is 5.20. The molecule has 0 atom stereocenters. The number of nitrogens with zero attached hydrogens (tertiary/aromatic N) is 3. The summed E-state index contributed by atoms with van der Waals surface area (Å²) in [7, 11) is 0. The summed E-state index contributed by atoms with van der Waals surface area (Å²) >= 11 is 0. The maximum absolute atomic E-state index is 12.3. The van der Waals surface area contributed by atoms with Gasteiger partial charge in [0.15, 0.2) is 0 Å². The van der Waals surface area contributed by atoms with E-state index in [4.69, 9.17) is 4.74 Å². The number of aromatic nitrogens is 2. The summed E-state index contributed by atoms with van der Waals surface area (Å²) < 4.78 is 5.32. The van der Waals surface area contributed by atoms with Gasteiger partial charge in [-0.1, -0.05) is 6.08 Å². The van der Waals surface area contributed by atoms with Crippen LogP contribution in [0.1, 0.15) is 0 Å².